The molecule has 1 rings (SSSR count). The van der Waals surface area contributed by atoms with Crippen LogP contribution in [0.3, 0.4) is 0 Å². The number of aromatic nitrogens is 2. The molecule has 1 aromatic heterocycles. The van der Waals surface area contributed by atoms with Gasteiger partial charge in [0, 0.05) is 24.7 Å². The molecule has 0 saturated carbocycles. The van der Waals surface area contributed by atoms with Crippen molar-refractivity contribution in [3.05, 3.63) is 17.7 Å². The zero-order valence-corrected chi connectivity index (χ0v) is 9.12. The molecule has 0 spiro atoms. The van der Waals surface area contributed by atoms with Crippen molar-refractivity contribution in [3.63, 3.8) is 0 Å². The summed E-state index contributed by atoms with van der Waals surface area (Å²) in [6.45, 7) is 2.09. The van der Waals surface area contributed by atoms with Gasteiger partial charge in [-0.25, -0.2) is 4.98 Å². The summed E-state index contributed by atoms with van der Waals surface area (Å²) < 4.78 is 4.54. The number of nitrogens with one attached hydrogen (secondary N) is 1. The first-order valence-electron chi connectivity index (χ1n) is 5.03. The zero-order valence-electron chi connectivity index (χ0n) is 9.12. The molecule has 3 N–H and O–H groups in total. The van der Waals surface area contributed by atoms with Gasteiger partial charge in [0.2, 0.25) is 0 Å². The number of esters is 1. The van der Waals surface area contributed by atoms with Crippen LogP contribution in [0.2, 0.25) is 0 Å². The molecule has 1 atom stereocenters. The van der Waals surface area contributed by atoms with E-state index < -0.39 is 12.0 Å². The Labute approximate surface area is 89.0 Å². The average molecular weight is 211 g/mol. The standard InChI is InChI=1S/C10H17N3O2/c1-3-4-9-12-6-7(13-9)5-8(11)10(14)15-2/h6,8H,3-5,11H2,1-2H3,(H,12,13). The minimum atomic E-state index is -0.620. The molecule has 1 aromatic rings. The Morgan fingerprint density at radius 3 is 3.07 bits per heavy atom. The maximum Gasteiger partial charge on any atom is 0.323 e. The van der Waals surface area contributed by atoms with Crippen LogP contribution in [0.5, 0.6) is 0 Å². The smallest absolute Gasteiger partial charge is 0.323 e. The van der Waals surface area contributed by atoms with E-state index in [1.165, 1.54) is 7.11 Å². The quantitative estimate of drug-likeness (QED) is 0.691. The summed E-state index contributed by atoms with van der Waals surface area (Å²) in [5.41, 5.74) is 6.49. The summed E-state index contributed by atoms with van der Waals surface area (Å²) in [6.07, 6.45) is 4.10. The molecular formula is C10H17N3O2. The molecule has 0 saturated heterocycles. The Morgan fingerprint density at radius 2 is 2.47 bits per heavy atom. The van der Waals surface area contributed by atoms with Crippen LogP contribution in [0.1, 0.15) is 24.9 Å². The number of carbonyl (C=O) groups excluding carboxylic acids is 1. The van der Waals surface area contributed by atoms with Crippen molar-refractivity contribution in [2.24, 2.45) is 5.73 Å². The fourth-order valence-electron chi connectivity index (χ4n) is 1.34. The molecule has 1 unspecified atom stereocenters. The number of rotatable bonds is 5. The van der Waals surface area contributed by atoms with E-state index in [1.807, 2.05) is 0 Å². The molecule has 0 aliphatic carbocycles. The fourth-order valence-corrected chi connectivity index (χ4v) is 1.34. The molecule has 84 valence electrons. The average Bonchev–Trinajstić information content (AvgIpc) is 2.65. The van der Waals surface area contributed by atoms with Gasteiger partial charge in [-0.3, -0.25) is 4.79 Å². The lowest BCUT2D eigenvalue weighted by Crippen LogP contribution is -2.33. The monoisotopic (exact) mass is 211 g/mol. The lowest BCUT2D eigenvalue weighted by atomic mass is 10.2. The molecule has 0 bridgehead atoms. The summed E-state index contributed by atoms with van der Waals surface area (Å²) in [5.74, 6) is 0.534. The normalized spacial score (nSPS) is 12.5. The van der Waals surface area contributed by atoms with Gasteiger partial charge in [-0.1, -0.05) is 6.92 Å². The predicted octanol–water partition coefficient (Wildman–Crippen LogP) is 0.405. The van der Waals surface area contributed by atoms with Gasteiger partial charge < -0.3 is 15.5 Å². The van der Waals surface area contributed by atoms with Crippen molar-refractivity contribution in [1.29, 1.82) is 0 Å². The number of imidazole rings is 1. The Bertz CT molecular complexity index is 322. The third kappa shape index (κ3) is 3.36. The first-order chi connectivity index (χ1) is 7.17. The first-order valence-corrected chi connectivity index (χ1v) is 5.03. The van der Waals surface area contributed by atoms with Crippen LogP contribution in [0.25, 0.3) is 0 Å². The second-order valence-electron chi connectivity index (χ2n) is 3.44. The topological polar surface area (TPSA) is 81.0 Å². The van der Waals surface area contributed by atoms with E-state index >= 15 is 0 Å². The maximum absolute atomic E-state index is 11.1. The summed E-state index contributed by atoms with van der Waals surface area (Å²) in [5, 5.41) is 0. The molecule has 0 aromatic carbocycles. The summed E-state index contributed by atoms with van der Waals surface area (Å²) in [4.78, 5) is 18.4. The van der Waals surface area contributed by atoms with Crippen molar-refractivity contribution in [1.82, 2.24) is 9.97 Å². The fraction of sp³-hybridized carbons (Fsp3) is 0.600. The SMILES string of the molecule is CCCc1ncc(CC(N)C(=O)OC)[nH]1. The minimum Gasteiger partial charge on any atom is -0.468 e. The number of aryl methyl sites for hydroxylation is 1. The van der Waals surface area contributed by atoms with E-state index in [0.717, 1.165) is 24.4 Å². The van der Waals surface area contributed by atoms with E-state index in [0.29, 0.717) is 6.42 Å². The number of carbonyl (C=O) groups is 1. The zero-order chi connectivity index (χ0) is 11.3. The van der Waals surface area contributed by atoms with Crippen molar-refractivity contribution < 1.29 is 9.53 Å². The van der Waals surface area contributed by atoms with E-state index in [1.54, 1.807) is 6.20 Å². The van der Waals surface area contributed by atoms with Crippen molar-refractivity contribution in [2.45, 2.75) is 32.2 Å². The third-order valence-corrected chi connectivity index (χ3v) is 2.11. The van der Waals surface area contributed by atoms with Crippen molar-refractivity contribution >= 4 is 5.97 Å². The van der Waals surface area contributed by atoms with Gasteiger partial charge in [0.05, 0.1) is 7.11 Å². The Hall–Kier alpha value is -1.36. The van der Waals surface area contributed by atoms with Gasteiger partial charge in [-0.2, -0.15) is 0 Å². The molecule has 15 heavy (non-hydrogen) atoms. The molecule has 0 fully saturated rings. The molecule has 1 heterocycles. The highest BCUT2D eigenvalue weighted by molar-refractivity contribution is 5.75. The molecular weight excluding hydrogens is 194 g/mol. The van der Waals surface area contributed by atoms with Gasteiger partial charge in [0.1, 0.15) is 11.9 Å². The first kappa shape index (κ1) is 11.7. The Balaban J connectivity index is 2.53. The second kappa shape index (κ2) is 5.50. The summed E-state index contributed by atoms with van der Waals surface area (Å²) in [6, 6.07) is -0.620. The number of nitrogens with zero attached hydrogens (tertiary/aromatic N) is 1. The van der Waals surface area contributed by atoms with Gasteiger partial charge in [-0.05, 0) is 6.42 Å². The number of methoxy groups -OCH3 is 1. The lowest BCUT2D eigenvalue weighted by molar-refractivity contribution is -0.142. The van der Waals surface area contributed by atoms with Gasteiger partial charge >= 0.3 is 5.97 Å². The highest BCUT2D eigenvalue weighted by atomic mass is 16.5. The van der Waals surface area contributed by atoms with Crippen LogP contribution < -0.4 is 5.73 Å². The highest BCUT2D eigenvalue weighted by Crippen LogP contribution is 2.03. The molecule has 5 nitrogen and oxygen atoms in total. The molecule has 5 heteroatoms. The van der Waals surface area contributed by atoms with Crippen LogP contribution in [-0.4, -0.2) is 29.1 Å². The second-order valence-corrected chi connectivity index (χ2v) is 3.44. The maximum atomic E-state index is 11.1. The number of hydrogen-bond acceptors (Lipinski definition) is 4. The van der Waals surface area contributed by atoms with Crippen LogP contribution in [-0.2, 0) is 22.4 Å². The Morgan fingerprint density at radius 1 is 1.73 bits per heavy atom. The van der Waals surface area contributed by atoms with Crippen molar-refractivity contribution in [2.75, 3.05) is 7.11 Å². The summed E-state index contributed by atoms with van der Waals surface area (Å²) in [7, 11) is 1.33. The van der Waals surface area contributed by atoms with Gasteiger partial charge in [-0.15, -0.1) is 0 Å². The Kier molecular flexibility index (Phi) is 4.30. The van der Waals surface area contributed by atoms with E-state index in [-0.39, 0.29) is 0 Å². The lowest BCUT2D eigenvalue weighted by Gasteiger charge is -2.06. The molecule has 0 radical (unpaired) electrons. The molecule has 0 amide bonds. The number of hydrogen-bond donors (Lipinski definition) is 2. The van der Waals surface area contributed by atoms with Gasteiger partial charge in [0.15, 0.2) is 0 Å². The summed E-state index contributed by atoms with van der Waals surface area (Å²) >= 11 is 0. The number of aromatic amines is 1. The minimum absolute atomic E-state index is 0.401. The molecule has 0 aliphatic rings. The predicted molar refractivity (Wildman–Crippen MR) is 56.3 cm³/mol. The van der Waals surface area contributed by atoms with Gasteiger partial charge in [0.25, 0.3) is 0 Å². The third-order valence-electron chi connectivity index (χ3n) is 2.11. The highest BCUT2D eigenvalue weighted by Gasteiger charge is 2.15. The van der Waals surface area contributed by atoms with Crippen LogP contribution >= 0.6 is 0 Å². The number of H-pyrrole nitrogens is 1. The largest absolute Gasteiger partial charge is 0.468 e. The number of nitrogens with two attached hydrogens (primary N) is 1. The van der Waals surface area contributed by atoms with Crippen LogP contribution in [0, 0.1) is 0 Å². The van der Waals surface area contributed by atoms with E-state index in [4.69, 9.17) is 5.73 Å². The van der Waals surface area contributed by atoms with E-state index in [9.17, 15) is 4.79 Å². The van der Waals surface area contributed by atoms with Crippen molar-refractivity contribution in [3.8, 4) is 0 Å². The van der Waals surface area contributed by atoms with Crippen LogP contribution in [0.15, 0.2) is 6.20 Å². The number of ether oxygens (including phenoxy) is 1. The molecule has 0 aliphatic heterocycles. The van der Waals surface area contributed by atoms with Crippen LogP contribution in [0.4, 0.5) is 0 Å². The van der Waals surface area contributed by atoms with E-state index in [2.05, 4.69) is 21.6 Å².